The Kier molecular flexibility index (Phi) is 6.31. The van der Waals surface area contributed by atoms with E-state index >= 15 is 0 Å². The number of nitrogens with one attached hydrogen (secondary N) is 2. The van der Waals surface area contributed by atoms with Crippen LogP contribution in [0.2, 0.25) is 0 Å². The minimum Gasteiger partial charge on any atom is -0.497 e. The number of ether oxygens (including phenoxy) is 1. The third kappa shape index (κ3) is 5.52. The Morgan fingerprint density at radius 2 is 2.04 bits per heavy atom. The summed E-state index contributed by atoms with van der Waals surface area (Å²) in [5.74, 6) is 0.355. The van der Waals surface area contributed by atoms with Crippen LogP contribution in [0.3, 0.4) is 0 Å². The van der Waals surface area contributed by atoms with Gasteiger partial charge in [-0.1, -0.05) is 17.8 Å². The van der Waals surface area contributed by atoms with Gasteiger partial charge in [-0.15, -0.1) is 0 Å². The Bertz CT molecular complexity index is 783. The smallest absolute Gasteiger partial charge is 0.321 e. The summed E-state index contributed by atoms with van der Waals surface area (Å²) in [6, 6.07) is 7.04. The van der Waals surface area contributed by atoms with Crippen LogP contribution in [0, 0.1) is 0 Å². The molecule has 26 heavy (non-hydrogen) atoms. The highest BCUT2D eigenvalue weighted by atomic mass is 32.2. The van der Waals surface area contributed by atoms with Crippen molar-refractivity contribution in [2.75, 3.05) is 7.11 Å². The van der Waals surface area contributed by atoms with Crippen molar-refractivity contribution in [3.05, 3.63) is 36.7 Å². The SMILES string of the molecule is COc1cccc(-n2ccnc2SC(C)C(=O)NC(=O)NC(C)(C)C)c1. The van der Waals surface area contributed by atoms with Gasteiger partial charge in [0.05, 0.1) is 18.0 Å². The molecule has 2 aromatic rings. The average Bonchev–Trinajstić information content (AvgIpc) is 3.01. The maximum atomic E-state index is 12.3. The van der Waals surface area contributed by atoms with Crippen LogP contribution in [0.15, 0.2) is 41.8 Å². The van der Waals surface area contributed by atoms with Crippen molar-refractivity contribution in [1.82, 2.24) is 20.2 Å². The van der Waals surface area contributed by atoms with Crippen molar-refractivity contribution in [3.63, 3.8) is 0 Å². The van der Waals surface area contributed by atoms with Gasteiger partial charge in [0.2, 0.25) is 5.91 Å². The first-order valence-electron chi connectivity index (χ1n) is 8.17. The highest BCUT2D eigenvalue weighted by molar-refractivity contribution is 8.00. The molecule has 0 radical (unpaired) electrons. The number of thioether (sulfide) groups is 1. The first-order valence-corrected chi connectivity index (χ1v) is 9.05. The lowest BCUT2D eigenvalue weighted by Gasteiger charge is -2.21. The Morgan fingerprint density at radius 1 is 1.31 bits per heavy atom. The van der Waals surface area contributed by atoms with Gasteiger partial charge in [-0.2, -0.15) is 0 Å². The van der Waals surface area contributed by atoms with Crippen LogP contribution < -0.4 is 15.4 Å². The van der Waals surface area contributed by atoms with Crippen LogP contribution in [-0.4, -0.2) is 39.4 Å². The maximum Gasteiger partial charge on any atom is 0.321 e. The lowest BCUT2D eigenvalue weighted by atomic mass is 10.1. The average molecular weight is 376 g/mol. The van der Waals surface area contributed by atoms with Crippen LogP contribution in [0.25, 0.3) is 5.69 Å². The Balaban J connectivity index is 2.06. The van der Waals surface area contributed by atoms with Gasteiger partial charge in [0.25, 0.3) is 0 Å². The number of hydrogen-bond acceptors (Lipinski definition) is 5. The molecule has 1 aromatic carbocycles. The summed E-state index contributed by atoms with van der Waals surface area (Å²) < 4.78 is 7.11. The summed E-state index contributed by atoms with van der Waals surface area (Å²) in [5.41, 5.74) is 0.464. The van der Waals surface area contributed by atoms with Crippen molar-refractivity contribution >= 4 is 23.7 Å². The fraction of sp³-hybridized carbons (Fsp3) is 0.389. The summed E-state index contributed by atoms with van der Waals surface area (Å²) in [4.78, 5) is 28.4. The lowest BCUT2D eigenvalue weighted by molar-refractivity contribution is -0.119. The number of amides is 3. The van der Waals surface area contributed by atoms with Gasteiger partial charge in [-0.05, 0) is 39.8 Å². The number of benzene rings is 1. The third-order valence-electron chi connectivity index (χ3n) is 3.31. The van der Waals surface area contributed by atoms with Gasteiger partial charge in [-0.25, -0.2) is 9.78 Å². The predicted octanol–water partition coefficient (Wildman–Crippen LogP) is 2.99. The van der Waals surface area contributed by atoms with E-state index in [0.717, 1.165) is 11.4 Å². The number of rotatable bonds is 5. The van der Waals surface area contributed by atoms with E-state index in [1.54, 1.807) is 20.2 Å². The van der Waals surface area contributed by atoms with E-state index in [1.807, 2.05) is 55.8 Å². The van der Waals surface area contributed by atoms with E-state index < -0.39 is 16.8 Å². The molecule has 0 bridgehead atoms. The maximum absolute atomic E-state index is 12.3. The molecule has 0 saturated carbocycles. The summed E-state index contributed by atoms with van der Waals surface area (Å²) in [5, 5.41) is 5.22. The number of carbonyl (C=O) groups is 2. The molecule has 1 heterocycles. The fourth-order valence-electron chi connectivity index (χ4n) is 2.13. The van der Waals surface area contributed by atoms with Crippen molar-refractivity contribution in [1.29, 1.82) is 0 Å². The highest BCUT2D eigenvalue weighted by Crippen LogP contribution is 2.26. The topological polar surface area (TPSA) is 85.2 Å². The first kappa shape index (κ1) is 19.8. The molecule has 0 aliphatic rings. The van der Waals surface area contributed by atoms with Gasteiger partial charge in [0.1, 0.15) is 5.75 Å². The Morgan fingerprint density at radius 3 is 2.69 bits per heavy atom. The van der Waals surface area contributed by atoms with Gasteiger partial charge >= 0.3 is 6.03 Å². The Hall–Kier alpha value is -2.48. The number of imide groups is 1. The molecule has 0 aliphatic carbocycles. The standard InChI is InChI=1S/C18H24N4O3S/c1-12(15(23)20-16(24)21-18(2,3)4)26-17-19-9-10-22(17)13-7-6-8-14(11-13)25-5/h6-12H,1-5H3,(H2,20,21,23,24). The molecule has 0 fully saturated rings. The van der Waals surface area contributed by atoms with Crippen molar-refractivity contribution in [2.24, 2.45) is 0 Å². The second kappa shape index (κ2) is 8.27. The number of hydrogen-bond donors (Lipinski definition) is 2. The Labute approximate surface area is 157 Å². The van der Waals surface area contributed by atoms with Crippen LogP contribution in [0.1, 0.15) is 27.7 Å². The molecule has 7 nitrogen and oxygen atoms in total. The number of methoxy groups -OCH3 is 1. The van der Waals surface area contributed by atoms with Gasteiger partial charge in [0.15, 0.2) is 5.16 Å². The summed E-state index contributed by atoms with van der Waals surface area (Å²) in [6.07, 6.45) is 3.48. The molecule has 2 rings (SSSR count). The summed E-state index contributed by atoms with van der Waals surface area (Å²) in [6.45, 7) is 7.27. The molecule has 0 aliphatic heterocycles. The summed E-state index contributed by atoms with van der Waals surface area (Å²) >= 11 is 1.27. The molecule has 3 amide bonds. The highest BCUT2D eigenvalue weighted by Gasteiger charge is 2.21. The van der Waals surface area contributed by atoms with Gasteiger partial charge < -0.3 is 10.1 Å². The monoisotopic (exact) mass is 376 g/mol. The van der Waals surface area contributed by atoms with E-state index in [-0.39, 0.29) is 5.91 Å². The number of carbonyl (C=O) groups excluding carboxylic acids is 2. The number of urea groups is 1. The normalized spacial score (nSPS) is 12.3. The first-order chi connectivity index (χ1) is 12.2. The molecule has 1 atom stereocenters. The molecule has 0 spiro atoms. The largest absolute Gasteiger partial charge is 0.497 e. The summed E-state index contributed by atoms with van der Waals surface area (Å²) in [7, 11) is 1.61. The zero-order chi connectivity index (χ0) is 19.3. The van der Waals surface area contributed by atoms with E-state index in [4.69, 9.17) is 4.74 Å². The zero-order valence-electron chi connectivity index (χ0n) is 15.6. The van der Waals surface area contributed by atoms with Crippen LogP contribution >= 0.6 is 11.8 Å². The van der Waals surface area contributed by atoms with E-state index in [0.29, 0.717) is 5.16 Å². The molecular weight excluding hydrogens is 352 g/mol. The second-order valence-electron chi connectivity index (χ2n) is 6.73. The minimum absolute atomic E-state index is 0.378. The zero-order valence-corrected chi connectivity index (χ0v) is 16.4. The van der Waals surface area contributed by atoms with E-state index in [9.17, 15) is 9.59 Å². The quantitative estimate of drug-likeness (QED) is 0.784. The molecule has 8 heteroatoms. The molecule has 140 valence electrons. The molecular formula is C18H24N4O3S. The van der Waals surface area contributed by atoms with Crippen LogP contribution in [0.5, 0.6) is 5.75 Å². The van der Waals surface area contributed by atoms with E-state index in [1.165, 1.54) is 11.8 Å². The second-order valence-corrected chi connectivity index (χ2v) is 8.04. The number of imidazole rings is 1. The van der Waals surface area contributed by atoms with E-state index in [2.05, 4.69) is 15.6 Å². The molecule has 0 saturated heterocycles. The minimum atomic E-state index is -0.508. The number of aromatic nitrogens is 2. The van der Waals surface area contributed by atoms with Crippen LogP contribution in [-0.2, 0) is 4.79 Å². The van der Waals surface area contributed by atoms with Gasteiger partial charge in [0, 0.05) is 24.0 Å². The fourth-order valence-corrected chi connectivity index (χ4v) is 3.01. The van der Waals surface area contributed by atoms with Crippen molar-refractivity contribution in [3.8, 4) is 11.4 Å². The molecule has 1 unspecified atom stereocenters. The van der Waals surface area contributed by atoms with Crippen molar-refractivity contribution in [2.45, 2.75) is 43.6 Å². The molecule has 1 aromatic heterocycles. The third-order valence-corrected chi connectivity index (χ3v) is 4.40. The number of nitrogens with zero attached hydrogens (tertiary/aromatic N) is 2. The van der Waals surface area contributed by atoms with Gasteiger partial charge in [-0.3, -0.25) is 14.7 Å². The van der Waals surface area contributed by atoms with Crippen LogP contribution in [0.4, 0.5) is 4.79 Å². The lowest BCUT2D eigenvalue weighted by Crippen LogP contribution is -2.49. The van der Waals surface area contributed by atoms with Crippen molar-refractivity contribution < 1.29 is 14.3 Å². The molecule has 2 N–H and O–H groups in total. The predicted molar refractivity (Wildman–Crippen MR) is 102 cm³/mol.